The summed E-state index contributed by atoms with van der Waals surface area (Å²) in [6, 6.07) is 24.2. The number of fused-ring (bicyclic) bond motifs is 2. The van der Waals surface area contributed by atoms with Crippen LogP contribution < -0.4 is 0 Å². The number of nitrogens with zero attached hydrogens (tertiary/aromatic N) is 1. The van der Waals surface area contributed by atoms with Gasteiger partial charge in [-0.3, -0.25) is 9.79 Å². The maximum absolute atomic E-state index is 11.1. The summed E-state index contributed by atoms with van der Waals surface area (Å²) >= 11 is 0. The van der Waals surface area contributed by atoms with Crippen LogP contribution in [0.4, 0.5) is 5.69 Å². The fraction of sp³-hybridized carbons (Fsp3) is 0. The highest BCUT2D eigenvalue weighted by molar-refractivity contribution is 6.27. The molecule has 0 amide bonds. The molecule has 5 rings (SSSR count). The lowest BCUT2D eigenvalue weighted by Gasteiger charge is -2.12. The summed E-state index contributed by atoms with van der Waals surface area (Å²) in [6.45, 7) is 0. The van der Waals surface area contributed by atoms with Crippen molar-refractivity contribution in [3.05, 3.63) is 101 Å². The Hall–Kier alpha value is -3.72. The van der Waals surface area contributed by atoms with E-state index >= 15 is 0 Å². The number of carbonyl (C=O) groups is 1. The van der Waals surface area contributed by atoms with Gasteiger partial charge in [-0.15, -0.1) is 0 Å². The molecule has 1 aliphatic heterocycles. The van der Waals surface area contributed by atoms with Gasteiger partial charge < -0.3 is 4.98 Å². The van der Waals surface area contributed by atoms with Crippen LogP contribution in [0.25, 0.3) is 22.0 Å². The number of H-pyrrole nitrogens is 1. The molecule has 0 unspecified atom stereocenters. The van der Waals surface area contributed by atoms with Crippen LogP contribution in [0.1, 0.15) is 27.0 Å². The number of aliphatic imine (C=N–C) groups is 1. The molecule has 0 bridgehead atoms. The summed E-state index contributed by atoms with van der Waals surface area (Å²) in [6.07, 6.45) is 4.86. The zero-order chi connectivity index (χ0) is 18.2. The third kappa shape index (κ3) is 2.52. The molecule has 0 fully saturated rings. The van der Waals surface area contributed by atoms with E-state index in [1.165, 1.54) is 0 Å². The first-order valence-electron chi connectivity index (χ1n) is 8.85. The van der Waals surface area contributed by atoms with Crippen molar-refractivity contribution < 1.29 is 4.79 Å². The fourth-order valence-electron chi connectivity index (χ4n) is 3.68. The Morgan fingerprint density at radius 1 is 0.889 bits per heavy atom. The van der Waals surface area contributed by atoms with Gasteiger partial charge in [-0.2, -0.15) is 0 Å². The number of benzene rings is 3. The van der Waals surface area contributed by atoms with Crippen LogP contribution in [0.3, 0.4) is 0 Å². The smallest absolute Gasteiger partial charge is 0.150 e. The molecule has 0 saturated carbocycles. The van der Waals surface area contributed by atoms with E-state index in [9.17, 15) is 4.79 Å². The third-order valence-electron chi connectivity index (χ3n) is 4.99. The van der Waals surface area contributed by atoms with Crippen molar-refractivity contribution in [3.63, 3.8) is 0 Å². The summed E-state index contributed by atoms with van der Waals surface area (Å²) in [4.78, 5) is 19.0. The Bertz CT molecular complexity index is 1230. The summed E-state index contributed by atoms with van der Waals surface area (Å²) < 4.78 is 0. The van der Waals surface area contributed by atoms with Crippen molar-refractivity contribution in [2.75, 3.05) is 0 Å². The molecule has 1 N–H and O–H groups in total. The minimum Gasteiger partial charge on any atom is -0.361 e. The van der Waals surface area contributed by atoms with Gasteiger partial charge in [-0.05, 0) is 17.7 Å². The Morgan fingerprint density at radius 2 is 1.67 bits per heavy atom. The number of hydrogen-bond acceptors (Lipinski definition) is 2. The second-order valence-electron chi connectivity index (χ2n) is 6.55. The average Bonchev–Trinajstić information content (AvgIpc) is 3.34. The predicted molar refractivity (Wildman–Crippen MR) is 111 cm³/mol. The highest BCUT2D eigenvalue weighted by Crippen LogP contribution is 2.40. The highest BCUT2D eigenvalue weighted by Gasteiger charge is 2.20. The van der Waals surface area contributed by atoms with E-state index in [1.807, 2.05) is 60.8 Å². The van der Waals surface area contributed by atoms with Gasteiger partial charge in [0, 0.05) is 51.2 Å². The zero-order valence-electron chi connectivity index (χ0n) is 14.5. The second kappa shape index (κ2) is 6.22. The van der Waals surface area contributed by atoms with Gasteiger partial charge in [0.05, 0.1) is 5.69 Å². The maximum atomic E-state index is 11.1. The van der Waals surface area contributed by atoms with Gasteiger partial charge in [0.1, 0.15) is 6.29 Å². The molecule has 0 atom stereocenters. The summed E-state index contributed by atoms with van der Waals surface area (Å²) in [5.41, 5.74) is 8.26. The van der Waals surface area contributed by atoms with Gasteiger partial charge >= 0.3 is 0 Å². The van der Waals surface area contributed by atoms with Crippen molar-refractivity contribution >= 4 is 40.2 Å². The van der Waals surface area contributed by atoms with Crippen LogP contribution >= 0.6 is 0 Å². The topological polar surface area (TPSA) is 45.2 Å². The second-order valence-corrected chi connectivity index (χ2v) is 6.55. The predicted octanol–water partition coefficient (Wildman–Crippen LogP) is 5.66. The molecule has 3 heteroatoms. The fourth-order valence-corrected chi connectivity index (χ4v) is 3.68. The van der Waals surface area contributed by atoms with Crippen molar-refractivity contribution in [2.45, 2.75) is 0 Å². The van der Waals surface area contributed by atoms with E-state index in [0.717, 1.165) is 50.7 Å². The van der Waals surface area contributed by atoms with E-state index in [4.69, 9.17) is 0 Å². The minimum absolute atomic E-state index is 0.669. The molecule has 2 heterocycles. The number of aromatic amines is 1. The summed E-state index contributed by atoms with van der Waals surface area (Å²) in [7, 11) is 0. The molecular formula is C24H16N2O. The number of allylic oxidation sites excluding steroid dienone is 1. The molecule has 3 nitrogen and oxygen atoms in total. The van der Waals surface area contributed by atoms with E-state index in [1.54, 1.807) is 0 Å². The molecule has 4 aromatic rings. The number of rotatable bonds is 3. The van der Waals surface area contributed by atoms with Gasteiger partial charge in [0.15, 0.2) is 0 Å². The molecule has 1 aromatic heterocycles. The first kappa shape index (κ1) is 15.5. The molecule has 1 aliphatic rings. The molecule has 3 aromatic carbocycles. The summed E-state index contributed by atoms with van der Waals surface area (Å²) in [5.74, 6) is 0. The van der Waals surface area contributed by atoms with Crippen LogP contribution in [-0.2, 0) is 0 Å². The SMILES string of the molecule is O=Cc1ccc(/C(=C2/C=Nc3ccccc32)c2c[nH]c3ccccc23)cc1. The first-order valence-corrected chi connectivity index (χ1v) is 8.85. The van der Waals surface area contributed by atoms with Crippen LogP contribution in [-0.4, -0.2) is 17.5 Å². The number of aldehydes is 1. The quantitative estimate of drug-likeness (QED) is 0.477. The van der Waals surface area contributed by atoms with Gasteiger partial charge in [-0.1, -0.05) is 60.7 Å². The van der Waals surface area contributed by atoms with E-state index in [-0.39, 0.29) is 0 Å². The van der Waals surface area contributed by atoms with Crippen LogP contribution in [0, 0.1) is 0 Å². The number of para-hydroxylation sites is 2. The largest absolute Gasteiger partial charge is 0.361 e. The van der Waals surface area contributed by atoms with E-state index in [2.05, 4.69) is 34.4 Å². The monoisotopic (exact) mass is 348 g/mol. The first-order chi connectivity index (χ1) is 13.3. The van der Waals surface area contributed by atoms with Crippen molar-refractivity contribution in [1.29, 1.82) is 0 Å². The maximum Gasteiger partial charge on any atom is 0.150 e. The Balaban J connectivity index is 1.82. The van der Waals surface area contributed by atoms with Gasteiger partial charge in [0.2, 0.25) is 0 Å². The number of carbonyl (C=O) groups excluding carboxylic acids is 1. The molecule has 0 radical (unpaired) electrons. The third-order valence-corrected chi connectivity index (χ3v) is 4.99. The molecule has 0 aliphatic carbocycles. The standard InChI is InChI=1S/C24H16N2O/c27-15-16-9-11-17(12-10-16)24(20-13-25-22-7-3-1-5-18(20)22)21-14-26-23-8-4-2-6-19(21)23/h1-15,25H/b24-21+. The van der Waals surface area contributed by atoms with Gasteiger partial charge in [0.25, 0.3) is 0 Å². The molecule has 0 spiro atoms. The van der Waals surface area contributed by atoms with Crippen molar-refractivity contribution in [1.82, 2.24) is 4.98 Å². The molecule has 0 saturated heterocycles. The Kier molecular flexibility index (Phi) is 3.58. The average molecular weight is 348 g/mol. The lowest BCUT2D eigenvalue weighted by Crippen LogP contribution is -1.94. The lowest BCUT2D eigenvalue weighted by molar-refractivity contribution is 0.112. The summed E-state index contributed by atoms with van der Waals surface area (Å²) in [5, 5.41) is 1.16. The van der Waals surface area contributed by atoms with Gasteiger partial charge in [-0.25, -0.2) is 0 Å². The van der Waals surface area contributed by atoms with Crippen LogP contribution in [0.15, 0.2) is 84.0 Å². The molecular weight excluding hydrogens is 332 g/mol. The van der Waals surface area contributed by atoms with Crippen molar-refractivity contribution in [2.24, 2.45) is 4.99 Å². The van der Waals surface area contributed by atoms with E-state index < -0.39 is 0 Å². The Morgan fingerprint density at radius 3 is 2.52 bits per heavy atom. The molecule has 128 valence electrons. The molecule has 27 heavy (non-hydrogen) atoms. The zero-order valence-corrected chi connectivity index (χ0v) is 14.5. The highest BCUT2D eigenvalue weighted by atomic mass is 16.1. The lowest BCUT2D eigenvalue weighted by atomic mass is 9.90. The van der Waals surface area contributed by atoms with Crippen LogP contribution in [0.5, 0.6) is 0 Å². The van der Waals surface area contributed by atoms with Crippen LogP contribution in [0.2, 0.25) is 0 Å². The van der Waals surface area contributed by atoms with E-state index in [0.29, 0.717) is 5.56 Å². The Labute approximate surface area is 156 Å². The number of nitrogens with one attached hydrogen (secondary N) is 1. The minimum atomic E-state index is 0.669. The normalized spacial score (nSPS) is 14.4. The number of hydrogen-bond donors (Lipinski definition) is 1. The number of aromatic nitrogens is 1. The van der Waals surface area contributed by atoms with Crippen molar-refractivity contribution in [3.8, 4) is 0 Å².